The molecule has 14 heavy (non-hydrogen) atoms. The van der Waals surface area contributed by atoms with E-state index < -0.39 is 31.3 Å². The zero-order chi connectivity index (χ0) is 11.4. The molecule has 0 radical (unpaired) electrons. The average Bonchev–Trinajstić information content (AvgIpc) is 2.00. The highest BCUT2D eigenvalue weighted by Gasteiger charge is 2.39. The molecule has 0 aliphatic heterocycles. The molecule has 0 aromatic heterocycles. The van der Waals surface area contributed by atoms with Gasteiger partial charge in [-0.2, -0.15) is 13.2 Å². The van der Waals surface area contributed by atoms with Crippen molar-refractivity contribution in [3.05, 3.63) is 0 Å². The van der Waals surface area contributed by atoms with Crippen LogP contribution in [0.4, 0.5) is 13.2 Å². The van der Waals surface area contributed by atoms with Crippen LogP contribution < -0.4 is 0 Å². The third-order valence-electron chi connectivity index (χ3n) is 1.62. The van der Waals surface area contributed by atoms with Gasteiger partial charge in [-0.1, -0.05) is 6.92 Å². The first-order valence-electron chi connectivity index (χ1n) is 3.96. The second-order valence-corrected chi connectivity index (χ2v) is 2.78. The fourth-order valence-corrected chi connectivity index (χ4v) is 0.845. The fraction of sp³-hybridized carbons (Fsp3) is 0.857. The molecule has 0 rings (SSSR count). The lowest BCUT2D eigenvalue weighted by Crippen LogP contribution is -2.42. The predicted octanol–water partition coefficient (Wildman–Crippen LogP) is 0.316. The maximum absolute atomic E-state index is 11.9. The smallest absolute Gasteiger partial charge is 0.415 e. The highest BCUT2D eigenvalue weighted by molar-refractivity contribution is 5.69. The van der Waals surface area contributed by atoms with Crippen LogP contribution in [0.25, 0.3) is 0 Å². The Hall–Kier alpha value is -0.820. The number of likely N-dealkylation sites (N-methyl/N-ethyl adjacent to an activating group) is 1. The number of halogens is 3. The summed E-state index contributed by atoms with van der Waals surface area (Å²) in [5.41, 5.74) is 0. The van der Waals surface area contributed by atoms with Crippen molar-refractivity contribution >= 4 is 5.97 Å². The number of carbonyl (C=O) groups is 1. The minimum absolute atomic E-state index is 0.138. The molecule has 0 bridgehead atoms. The molecule has 1 atom stereocenters. The van der Waals surface area contributed by atoms with Gasteiger partial charge in [0, 0.05) is 6.54 Å². The third-order valence-corrected chi connectivity index (χ3v) is 1.62. The van der Waals surface area contributed by atoms with Gasteiger partial charge in [-0.15, -0.1) is 0 Å². The summed E-state index contributed by atoms with van der Waals surface area (Å²) in [7, 11) is 0. The van der Waals surface area contributed by atoms with Gasteiger partial charge in [-0.25, -0.2) is 0 Å². The molecule has 0 saturated heterocycles. The van der Waals surface area contributed by atoms with Crippen molar-refractivity contribution in [3.63, 3.8) is 0 Å². The summed E-state index contributed by atoms with van der Waals surface area (Å²) in [6, 6.07) is 0. The SMILES string of the molecule is CCN(CC(=O)O)CC(O)C(F)(F)F. The molecule has 0 aliphatic rings. The van der Waals surface area contributed by atoms with Crippen LogP contribution in [0.3, 0.4) is 0 Å². The molecule has 1 unspecified atom stereocenters. The van der Waals surface area contributed by atoms with Crippen LogP contribution in [0.5, 0.6) is 0 Å². The van der Waals surface area contributed by atoms with Crippen LogP contribution in [0.1, 0.15) is 6.92 Å². The summed E-state index contributed by atoms with van der Waals surface area (Å²) in [5, 5.41) is 17.0. The van der Waals surface area contributed by atoms with Crippen LogP contribution in [0.15, 0.2) is 0 Å². The van der Waals surface area contributed by atoms with Gasteiger partial charge in [0.2, 0.25) is 0 Å². The highest BCUT2D eigenvalue weighted by Crippen LogP contribution is 2.20. The number of aliphatic hydroxyl groups is 1. The van der Waals surface area contributed by atoms with Crippen LogP contribution in [-0.2, 0) is 4.79 Å². The Labute approximate surface area is 78.9 Å². The Balaban J connectivity index is 4.11. The molecule has 0 aromatic carbocycles. The normalized spacial score (nSPS) is 14.4. The van der Waals surface area contributed by atoms with Gasteiger partial charge in [-0.05, 0) is 6.54 Å². The van der Waals surface area contributed by atoms with Crippen molar-refractivity contribution in [1.29, 1.82) is 0 Å². The van der Waals surface area contributed by atoms with Crippen LogP contribution in [0.2, 0.25) is 0 Å². The van der Waals surface area contributed by atoms with Crippen molar-refractivity contribution in [1.82, 2.24) is 4.90 Å². The number of carboxylic acid groups (broad SMARTS) is 1. The van der Waals surface area contributed by atoms with Gasteiger partial charge in [0.05, 0.1) is 6.54 Å². The number of hydrogen-bond acceptors (Lipinski definition) is 3. The second-order valence-electron chi connectivity index (χ2n) is 2.78. The third kappa shape index (κ3) is 5.03. The Morgan fingerprint density at radius 2 is 2.00 bits per heavy atom. The minimum Gasteiger partial charge on any atom is -0.480 e. The van der Waals surface area contributed by atoms with E-state index in [1.807, 2.05) is 0 Å². The van der Waals surface area contributed by atoms with E-state index >= 15 is 0 Å². The van der Waals surface area contributed by atoms with Gasteiger partial charge in [0.25, 0.3) is 0 Å². The Morgan fingerprint density at radius 1 is 1.50 bits per heavy atom. The number of rotatable bonds is 5. The minimum atomic E-state index is -4.70. The fourth-order valence-electron chi connectivity index (χ4n) is 0.845. The standard InChI is InChI=1S/C7H12F3NO3/c1-2-11(4-6(13)14)3-5(12)7(8,9)10/h5,12H,2-4H2,1H3,(H,13,14). The quantitative estimate of drug-likeness (QED) is 0.693. The summed E-state index contributed by atoms with van der Waals surface area (Å²) < 4.78 is 35.6. The lowest BCUT2D eigenvalue weighted by molar-refractivity contribution is -0.208. The van der Waals surface area contributed by atoms with E-state index in [0.29, 0.717) is 0 Å². The summed E-state index contributed by atoms with van der Waals surface area (Å²) in [4.78, 5) is 11.2. The topological polar surface area (TPSA) is 60.8 Å². The molecule has 0 amide bonds. The zero-order valence-corrected chi connectivity index (χ0v) is 7.58. The number of aliphatic hydroxyl groups excluding tert-OH is 1. The van der Waals surface area contributed by atoms with Crippen LogP contribution >= 0.6 is 0 Å². The number of carboxylic acids is 1. The molecule has 0 spiro atoms. The Kier molecular flexibility index (Phi) is 4.86. The van der Waals surface area contributed by atoms with Gasteiger partial charge in [0.1, 0.15) is 0 Å². The second kappa shape index (κ2) is 5.16. The van der Waals surface area contributed by atoms with Crippen molar-refractivity contribution in [3.8, 4) is 0 Å². The molecule has 0 aliphatic carbocycles. The van der Waals surface area contributed by atoms with Crippen molar-refractivity contribution < 1.29 is 28.2 Å². The maximum Gasteiger partial charge on any atom is 0.415 e. The number of nitrogens with zero attached hydrogens (tertiary/aromatic N) is 1. The largest absolute Gasteiger partial charge is 0.480 e. The van der Waals surface area contributed by atoms with E-state index in [-0.39, 0.29) is 6.54 Å². The van der Waals surface area contributed by atoms with E-state index in [9.17, 15) is 18.0 Å². The van der Waals surface area contributed by atoms with Crippen molar-refractivity contribution in [2.75, 3.05) is 19.6 Å². The zero-order valence-electron chi connectivity index (χ0n) is 7.58. The molecule has 4 nitrogen and oxygen atoms in total. The van der Waals surface area contributed by atoms with Crippen LogP contribution in [-0.4, -0.2) is 53.0 Å². The molecule has 0 fully saturated rings. The first kappa shape index (κ1) is 13.2. The summed E-state index contributed by atoms with van der Waals surface area (Å²) in [6.07, 6.45) is -7.20. The van der Waals surface area contributed by atoms with Gasteiger partial charge in [0.15, 0.2) is 6.10 Å². The molecule has 0 aromatic rings. The average molecular weight is 215 g/mol. The van der Waals surface area contributed by atoms with Crippen molar-refractivity contribution in [2.45, 2.75) is 19.2 Å². The van der Waals surface area contributed by atoms with E-state index in [2.05, 4.69) is 0 Å². The molecule has 0 saturated carbocycles. The molecular formula is C7H12F3NO3. The van der Waals surface area contributed by atoms with E-state index in [4.69, 9.17) is 10.2 Å². The monoisotopic (exact) mass is 215 g/mol. The lowest BCUT2D eigenvalue weighted by atomic mass is 10.3. The first-order chi connectivity index (χ1) is 6.27. The first-order valence-corrected chi connectivity index (χ1v) is 3.96. The van der Waals surface area contributed by atoms with E-state index in [1.165, 1.54) is 6.92 Å². The molecule has 0 heterocycles. The maximum atomic E-state index is 11.9. The van der Waals surface area contributed by atoms with Gasteiger partial charge in [-0.3, -0.25) is 9.69 Å². The molecule has 2 N–H and O–H groups in total. The molecule has 84 valence electrons. The predicted molar refractivity (Wildman–Crippen MR) is 41.8 cm³/mol. The van der Waals surface area contributed by atoms with E-state index in [0.717, 1.165) is 4.90 Å². The number of aliphatic carboxylic acids is 1. The lowest BCUT2D eigenvalue weighted by Gasteiger charge is -2.22. The molecule has 7 heteroatoms. The molecular weight excluding hydrogens is 203 g/mol. The van der Waals surface area contributed by atoms with Gasteiger partial charge >= 0.3 is 12.1 Å². The summed E-state index contributed by atoms with van der Waals surface area (Å²) in [6.45, 7) is 0.432. The highest BCUT2D eigenvalue weighted by atomic mass is 19.4. The Bertz CT molecular complexity index is 195. The number of alkyl halides is 3. The Morgan fingerprint density at radius 3 is 2.29 bits per heavy atom. The summed E-state index contributed by atoms with van der Waals surface area (Å²) >= 11 is 0. The van der Waals surface area contributed by atoms with Gasteiger partial charge < -0.3 is 10.2 Å². The summed E-state index contributed by atoms with van der Waals surface area (Å²) in [5.74, 6) is -1.22. The van der Waals surface area contributed by atoms with Crippen molar-refractivity contribution in [2.24, 2.45) is 0 Å². The number of hydrogen-bond donors (Lipinski definition) is 2. The van der Waals surface area contributed by atoms with Crippen LogP contribution in [0, 0.1) is 0 Å². The van der Waals surface area contributed by atoms with E-state index in [1.54, 1.807) is 0 Å².